The van der Waals surface area contributed by atoms with E-state index in [-0.39, 0.29) is 0 Å². The lowest BCUT2D eigenvalue weighted by Gasteiger charge is -2.16. The molecule has 2 nitrogen and oxygen atoms in total. The minimum Gasteiger partial charge on any atom is -0.481 e. The molecular formula is C32H40O2. The summed E-state index contributed by atoms with van der Waals surface area (Å²) in [7, 11) is 0. The summed E-state index contributed by atoms with van der Waals surface area (Å²) in [6.45, 7) is 2.28. The third kappa shape index (κ3) is 5.90. The second-order valence-electron chi connectivity index (χ2n) is 10.1. The van der Waals surface area contributed by atoms with Crippen LogP contribution in [0.15, 0.2) is 48.5 Å². The van der Waals surface area contributed by atoms with Crippen molar-refractivity contribution < 1.29 is 9.90 Å². The Morgan fingerprint density at radius 3 is 1.53 bits per heavy atom. The number of aryl methyl sites for hydroxylation is 2. The molecule has 0 atom stereocenters. The lowest BCUT2D eigenvalue weighted by Crippen LogP contribution is -1.94. The lowest BCUT2D eigenvalue weighted by atomic mass is 9.88. The molecule has 0 amide bonds. The van der Waals surface area contributed by atoms with E-state index in [1.165, 1.54) is 101 Å². The minimum atomic E-state index is -0.670. The second kappa shape index (κ2) is 12.2. The first-order valence-corrected chi connectivity index (χ1v) is 13.6. The van der Waals surface area contributed by atoms with Gasteiger partial charge in [-0.3, -0.25) is 4.79 Å². The highest BCUT2D eigenvalue weighted by Gasteiger charge is 2.13. The van der Waals surface area contributed by atoms with Crippen molar-refractivity contribution in [2.45, 2.75) is 96.8 Å². The summed E-state index contributed by atoms with van der Waals surface area (Å²) >= 11 is 0. The number of benzene rings is 4. The maximum absolute atomic E-state index is 10.6. The van der Waals surface area contributed by atoms with Crippen molar-refractivity contribution in [2.75, 3.05) is 0 Å². The average molecular weight is 457 g/mol. The number of carboxylic acids is 1. The highest BCUT2D eigenvalue weighted by Crippen LogP contribution is 2.38. The standard InChI is InChI=1S/C32H40O2/c1-2-3-4-10-13-24-16-18-26-20-21-27-19-17-25(29-23-22-28(24)31(26)32(27)29)14-11-8-6-5-7-9-12-15-30(33)34/h16-23H,2-15H2,1H3,(H,33,34). The van der Waals surface area contributed by atoms with Crippen molar-refractivity contribution in [3.05, 3.63) is 59.7 Å². The van der Waals surface area contributed by atoms with Gasteiger partial charge in [0.05, 0.1) is 0 Å². The summed E-state index contributed by atoms with van der Waals surface area (Å²) < 4.78 is 0. The number of unbranched alkanes of at least 4 members (excludes halogenated alkanes) is 9. The van der Waals surface area contributed by atoms with Crippen molar-refractivity contribution in [3.63, 3.8) is 0 Å². The van der Waals surface area contributed by atoms with Crippen LogP contribution in [0, 0.1) is 0 Å². The smallest absolute Gasteiger partial charge is 0.303 e. The zero-order valence-corrected chi connectivity index (χ0v) is 20.9. The Morgan fingerprint density at radius 2 is 1.03 bits per heavy atom. The van der Waals surface area contributed by atoms with Gasteiger partial charge in [0.1, 0.15) is 0 Å². The Kier molecular flexibility index (Phi) is 8.79. The number of carboxylic acid groups (broad SMARTS) is 1. The predicted molar refractivity (Wildman–Crippen MR) is 146 cm³/mol. The second-order valence-corrected chi connectivity index (χ2v) is 10.1. The van der Waals surface area contributed by atoms with Crippen LogP contribution in [0.1, 0.15) is 95.1 Å². The fraction of sp³-hybridized carbons (Fsp3) is 0.469. The maximum atomic E-state index is 10.6. The van der Waals surface area contributed by atoms with Crippen LogP contribution in [0.3, 0.4) is 0 Å². The molecule has 0 aliphatic heterocycles. The van der Waals surface area contributed by atoms with Crippen molar-refractivity contribution >= 4 is 38.3 Å². The van der Waals surface area contributed by atoms with Gasteiger partial charge in [0.25, 0.3) is 0 Å². The number of carbonyl (C=O) groups is 1. The van der Waals surface area contributed by atoms with Crippen molar-refractivity contribution in [2.24, 2.45) is 0 Å². The van der Waals surface area contributed by atoms with Gasteiger partial charge in [-0.05, 0) is 75.5 Å². The molecule has 0 aliphatic carbocycles. The zero-order valence-electron chi connectivity index (χ0n) is 20.9. The topological polar surface area (TPSA) is 37.3 Å². The Labute approximate surface area is 204 Å². The number of aliphatic carboxylic acids is 1. The van der Waals surface area contributed by atoms with E-state index in [9.17, 15) is 4.79 Å². The van der Waals surface area contributed by atoms with Gasteiger partial charge in [-0.15, -0.1) is 0 Å². The van der Waals surface area contributed by atoms with Gasteiger partial charge in [0.15, 0.2) is 0 Å². The van der Waals surface area contributed by atoms with Gasteiger partial charge in [0, 0.05) is 6.42 Å². The lowest BCUT2D eigenvalue weighted by molar-refractivity contribution is -0.137. The molecule has 0 fully saturated rings. The van der Waals surface area contributed by atoms with Crippen LogP contribution in [0.5, 0.6) is 0 Å². The van der Waals surface area contributed by atoms with Crippen molar-refractivity contribution in [3.8, 4) is 0 Å². The number of rotatable bonds is 15. The first-order valence-electron chi connectivity index (χ1n) is 13.6. The van der Waals surface area contributed by atoms with Gasteiger partial charge >= 0.3 is 5.97 Å². The van der Waals surface area contributed by atoms with Crippen molar-refractivity contribution in [1.82, 2.24) is 0 Å². The van der Waals surface area contributed by atoms with Gasteiger partial charge in [-0.25, -0.2) is 0 Å². The fourth-order valence-electron chi connectivity index (χ4n) is 5.58. The molecule has 0 saturated heterocycles. The third-order valence-electron chi connectivity index (χ3n) is 7.48. The molecular weight excluding hydrogens is 416 g/mol. The van der Waals surface area contributed by atoms with Crippen LogP contribution in [0.2, 0.25) is 0 Å². The van der Waals surface area contributed by atoms with Crippen LogP contribution >= 0.6 is 0 Å². The average Bonchev–Trinajstić information content (AvgIpc) is 2.85. The molecule has 4 aromatic rings. The van der Waals surface area contributed by atoms with E-state index in [0.29, 0.717) is 6.42 Å². The van der Waals surface area contributed by atoms with E-state index < -0.39 is 5.97 Å². The molecule has 180 valence electrons. The summed E-state index contributed by atoms with van der Waals surface area (Å²) in [6, 6.07) is 18.7. The van der Waals surface area contributed by atoms with Gasteiger partial charge in [-0.2, -0.15) is 0 Å². The monoisotopic (exact) mass is 456 g/mol. The van der Waals surface area contributed by atoms with E-state index in [0.717, 1.165) is 25.7 Å². The molecule has 0 spiro atoms. The van der Waals surface area contributed by atoms with Crippen molar-refractivity contribution in [1.29, 1.82) is 0 Å². The molecule has 0 unspecified atom stereocenters. The third-order valence-corrected chi connectivity index (χ3v) is 7.48. The van der Waals surface area contributed by atoms with Crippen LogP contribution in [0.4, 0.5) is 0 Å². The minimum absolute atomic E-state index is 0.314. The molecule has 2 heteroatoms. The molecule has 34 heavy (non-hydrogen) atoms. The Hall–Kier alpha value is -2.61. The van der Waals surface area contributed by atoms with Gasteiger partial charge in [-0.1, -0.05) is 107 Å². The van der Waals surface area contributed by atoms with E-state index in [1.54, 1.807) is 0 Å². The fourth-order valence-corrected chi connectivity index (χ4v) is 5.58. The number of hydrogen-bond acceptors (Lipinski definition) is 1. The SMILES string of the molecule is CCCCCCc1ccc2ccc3ccc(CCCCCCCCCC(=O)O)c4ccc1c2c34. The Bertz CT molecular complexity index is 1210. The molecule has 0 saturated carbocycles. The van der Waals surface area contributed by atoms with Crippen LogP contribution in [-0.4, -0.2) is 11.1 Å². The first kappa shape index (κ1) is 24.5. The highest BCUT2D eigenvalue weighted by atomic mass is 16.4. The highest BCUT2D eigenvalue weighted by molar-refractivity contribution is 6.24. The molecule has 0 aliphatic rings. The molecule has 1 N–H and O–H groups in total. The first-order chi connectivity index (χ1) is 16.7. The van der Waals surface area contributed by atoms with E-state index >= 15 is 0 Å². The quantitative estimate of drug-likeness (QED) is 0.143. The van der Waals surface area contributed by atoms with Gasteiger partial charge in [0.2, 0.25) is 0 Å². The maximum Gasteiger partial charge on any atom is 0.303 e. The van der Waals surface area contributed by atoms with E-state index in [1.807, 2.05) is 0 Å². The number of hydrogen-bond donors (Lipinski definition) is 1. The molecule has 0 bridgehead atoms. The summed E-state index contributed by atoms with van der Waals surface area (Å²) in [4.78, 5) is 10.6. The molecule has 0 heterocycles. The summed E-state index contributed by atoms with van der Waals surface area (Å²) in [6.07, 6.45) is 15.8. The normalized spacial score (nSPS) is 11.8. The summed E-state index contributed by atoms with van der Waals surface area (Å²) in [5.41, 5.74) is 2.99. The van der Waals surface area contributed by atoms with E-state index in [2.05, 4.69) is 55.5 Å². The molecule has 0 radical (unpaired) electrons. The van der Waals surface area contributed by atoms with Crippen LogP contribution in [0.25, 0.3) is 32.3 Å². The Balaban J connectivity index is 1.43. The van der Waals surface area contributed by atoms with Crippen LogP contribution in [-0.2, 0) is 17.6 Å². The predicted octanol–water partition coefficient (Wildman–Crippen LogP) is 9.45. The Morgan fingerprint density at radius 1 is 0.588 bits per heavy atom. The van der Waals surface area contributed by atoms with Gasteiger partial charge < -0.3 is 5.11 Å². The summed E-state index contributed by atoms with van der Waals surface area (Å²) in [5, 5.41) is 17.3. The summed E-state index contributed by atoms with van der Waals surface area (Å²) in [5.74, 6) is -0.670. The zero-order chi connectivity index (χ0) is 23.8. The molecule has 0 aromatic heterocycles. The molecule has 4 rings (SSSR count). The largest absolute Gasteiger partial charge is 0.481 e. The van der Waals surface area contributed by atoms with E-state index in [4.69, 9.17) is 5.11 Å². The van der Waals surface area contributed by atoms with Crippen LogP contribution < -0.4 is 0 Å². The molecule has 4 aromatic carbocycles.